The molecule has 0 bridgehead atoms. The Morgan fingerprint density at radius 2 is 2.17 bits per heavy atom. The summed E-state index contributed by atoms with van der Waals surface area (Å²) >= 11 is 0. The Morgan fingerprint density at radius 1 is 1.42 bits per heavy atom. The summed E-state index contributed by atoms with van der Waals surface area (Å²) in [6, 6.07) is 7.58. The largest absolute Gasteiger partial charge is 0.370 e. The van der Waals surface area contributed by atoms with Gasteiger partial charge in [0.25, 0.3) is 0 Å². The van der Waals surface area contributed by atoms with E-state index in [0.717, 1.165) is 31.5 Å². The van der Waals surface area contributed by atoms with Crippen LogP contribution < -0.4 is 11.1 Å². The maximum Gasteiger partial charge on any atom is 0.188 e. The standard InChI is InChI=1S/C18H27FN4.HI/c1-2-23-11-5-6-14(23)12-21-17(20)22-13-18(9-10-18)15-7-3-4-8-16(15)19;/h3-4,7-8,14H,2,5-6,9-13H2,1H3,(H3,20,21,22);1H. The summed E-state index contributed by atoms with van der Waals surface area (Å²) in [5, 5.41) is 3.25. The number of likely N-dealkylation sites (tertiary alicyclic amines) is 1. The SMILES string of the molecule is CCN1CCCC1CNC(N)=NCC1(c2ccccc2F)CC1.I. The molecular weight excluding hydrogens is 418 g/mol. The molecule has 1 aliphatic heterocycles. The average Bonchev–Trinajstić information content (AvgIpc) is 3.21. The highest BCUT2D eigenvalue weighted by Gasteiger charge is 2.45. The van der Waals surface area contributed by atoms with Gasteiger partial charge in [-0.05, 0) is 50.4 Å². The monoisotopic (exact) mass is 446 g/mol. The lowest BCUT2D eigenvalue weighted by Gasteiger charge is -2.23. The first-order valence-corrected chi connectivity index (χ1v) is 8.67. The van der Waals surface area contributed by atoms with Gasteiger partial charge in [0.05, 0.1) is 6.54 Å². The van der Waals surface area contributed by atoms with Crippen molar-refractivity contribution < 1.29 is 4.39 Å². The molecule has 0 radical (unpaired) electrons. The number of halogens is 2. The van der Waals surface area contributed by atoms with Crippen molar-refractivity contribution in [3.63, 3.8) is 0 Å². The van der Waals surface area contributed by atoms with E-state index in [1.807, 2.05) is 12.1 Å². The molecule has 2 fully saturated rings. The normalized spacial score (nSPS) is 22.9. The quantitative estimate of drug-likeness (QED) is 0.402. The fraction of sp³-hybridized carbons (Fsp3) is 0.611. The van der Waals surface area contributed by atoms with Crippen molar-refractivity contribution in [2.45, 2.75) is 44.1 Å². The summed E-state index contributed by atoms with van der Waals surface area (Å²) in [7, 11) is 0. The van der Waals surface area contributed by atoms with Crippen molar-refractivity contribution >= 4 is 29.9 Å². The molecular formula is C18H28FIN4. The Labute approximate surface area is 161 Å². The molecule has 0 amide bonds. The number of nitrogens with one attached hydrogen (secondary N) is 1. The fourth-order valence-corrected chi connectivity index (χ4v) is 3.61. The fourth-order valence-electron chi connectivity index (χ4n) is 3.61. The van der Waals surface area contributed by atoms with Gasteiger partial charge in [0.1, 0.15) is 5.82 Å². The van der Waals surface area contributed by atoms with Crippen LogP contribution in [0.3, 0.4) is 0 Å². The van der Waals surface area contributed by atoms with Crippen LogP contribution in [0.15, 0.2) is 29.3 Å². The third kappa shape index (κ3) is 4.39. The topological polar surface area (TPSA) is 53.6 Å². The second-order valence-electron chi connectivity index (χ2n) is 6.77. The zero-order valence-corrected chi connectivity index (χ0v) is 16.6. The molecule has 1 aromatic carbocycles. The van der Waals surface area contributed by atoms with E-state index in [-0.39, 0.29) is 35.2 Å². The summed E-state index contributed by atoms with van der Waals surface area (Å²) in [4.78, 5) is 6.96. The Morgan fingerprint density at radius 3 is 2.83 bits per heavy atom. The molecule has 1 heterocycles. The molecule has 4 nitrogen and oxygen atoms in total. The second kappa shape index (κ2) is 8.47. The molecule has 3 rings (SSSR count). The van der Waals surface area contributed by atoms with Crippen LogP contribution in [0.25, 0.3) is 0 Å². The number of likely N-dealkylation sites (N-methyl/N-ethyl adjacent to an activating group) is 1. The van der Waals surface area contributed by atoms with Gasteiger partial charge in [-0.1, -0.05) is 25.1 Å². The van der Waals surface area contributed by atoms with Gasteiger partial charge < -0.3 is 11.1 Å². The Balaban J connectivity index is 0.00000208. The van der Waals surface area contributed by atoms with E-state index in [1.165, 1.54) is 25.5 Å². The van der Waals surface area contributed by atoms with Crippen molar-refractivity contribution in [3.05, 3.63) is 35.6 Å². The first-order chi connectivity index (χ1) is 11.1. The van der Waals surface area contributed by atoms with Crippen LogP contribution in [0.2, 0.25) is 0 Å². The smallest absolute Gasteiger partial charge is 0.188 e. The lowest BCUT2D eigenvalue weighted by Crippen LogP contribution is -2.43. The predicted octanol–water partition coefficient (Wildman–Crippen LogP) is 2.86. The second-order valence-corrected chi connectivity index (χ2v) is 6.77. The van der Waals surface area contributed by atoms with Crippen molar-refractivity contribution in [2.24, 2.45) is 10.7 Å². The Hall–Kier alpha value is -0.890. The van der Waals surface area contributed by atoms with Crippen LogP contribution in [0.4, 0.5) is 4.39 Å². The number of rotatable bonds is 6. The highest BCUT2D eigenvalue weighted by atomic mass is 127. The van der Waals surface area contributed by atoms with Crippen molar-refractivity contribution in [2.75, 3.05) is 26.2 Å². The van der Waals surface area contributed by atoms with Crippen LogP contribution in [-0.4, -0.2) is 43.1 Å². The number of aliphatic imine (C=N–C) groups is 1. The number of benzene rings is 1. The van der Waals surface area contributed by atoms with E-state index < -0.39 is 0 Å². The number of nitrogens with two attached hydrogens (primary N) is 1. The maximum absolute atomic E-state index is 14.0. The summed E-state index contributed by atoms with van der Waals surface area (Å²) < 4.78 is 14.0. The van der Waals surface area contributed by atoms with E-state index in [1.54, 1.807) is 6.07 Å². The van der Waals surface area contributed by atoms with Crippen LogP contribution in [0.1, 0.15) is 38.2 Å². The van der Waals surface area contributed by atoms with E-state index in [9.17, 15) is 4.39 Å². The lowest BCUT2D eigenvalue weighted by atomic mass is 9.95. The van der Waals surface area contributed by atoms with Gasteiger partial charge >= 0.3 is 0 Å². The zero-order valence-electron chi connectivity index (χ0n) is 14.3. The van der Waals surface area contributed by atoms with Gasteiger partial charge in [0.15, 0.2) is 5.96 Å². The molecule has 0 aromatic heterocycles. The summed E-state index contributed by atoms with van der Waals surface area (Å²) in [5.41, 5.74) is 6.66. The molecule has 1 saturated carbocycles. The van der Waals surface area contributed by atoms with Crippen LogP contribution in [-0.2, 0) is 5.41 Å². The third-order valence-corrected chi connectivity index (χ3v) is 5.27. The van der Waals surface area contributed by atoms with Gasteiger partial charge in [-0.25, -0.2) is 4.39 Å². The van der Waals surface area contributed by atoms with Gasteiger partial charge in [-0.15, -0.1) is 24.0 Å². The molecule has 0 spiro atoms. The van der Waals surface area contributed by atoms with E-state index in [0.29, 0.717) is 18.5 Å². The summed E-state index contributed by atoms with van der Waals surface area (Å²) in [5.74, 6) is 0.354. The molecule has 1 saturated heterocycles. The maximum atomic E-state index is 14.0. The summed E-state index contributed by atoms with van der Waals surface area (Å²) in [6.45, 7) is 5.86. The highest BCUT2D eigenvalue weighted by molar-refractivity contribution is 14.0. The zero-order chi connectivity index (χ0) is 16.3. The van der Waals surface area contributed by atoms with Crippen molar-refractivity contribution in [1.29, 1.82) is 0 Å². The molecule has 1 unspecified atom stereocenters. The molecule has 1 aliphatic carbocycles. The highest BCUT2D eigenvalue weighted by Crippen LogP contribution is 2.49. The summed E-state index contributed by atoms with van der Waals surface area (Å²) in [6.07, 6.45) is 4.44. The predicted molar refractivity (Wildman–Crippen MR) is 107 cm³/mol. The first kappa shape index (κ1) is 19.4. The molecule has 134 valence electrons. The molecule has 6 heteroatoms. The van der Waals surface area contributed by atoms with E-state index in [4.69, 9.17) is 5.73 Å². The molecule has 2 aliphatic rings. The average molecular weight is 446 g/mol. The van der Waals surface area contributed by atoms with E-state index in [2.05, 4.69) is 22.1 Å². The number of hydrogen-bond acceptors (Lipinski definition) is 2. The minimum atomic E-state index is -0.138. The van der Waals surface area contributed by atoms with E-state index >= 15 is 0 Å². The van der Waals surface area contributed by atoms with Crippen LogP contribution >= 0.6 is 24.0 Å². The minimum absolute atomic E-state index is 0. The van der Waals surface area contributed by atoms with Crippen LogP contribution in [0, 0.1) is 5.82 Å². The Kier molecular flexibility index (Phi) is 6.86. The van der Waals surface area contributed by atoms with Gasteiger partial charge in [0.2, 0.25) is 0 Å². The lowest BCUT2D eigenvalue weighted by molar-refractivity contribution is 0.267. The number of guanidine groups is 1. The Bertz CT molecular complexity index is 574. The van der Waals surface area contributed by atoms with Crippen LogP contribution in [0.5, 0.6) is 0 Å². The number of nitrogens with zero attached hydrogens (tertiary/aromatic N) is 2. The van der Waals surface area contributed by atoms with Gasteiger partial charge in [-0.2, -0.15) is 0 Å². The van der Waals surface area contributed by atoms with Crippen molar-refractivity contribution in [3.8, 4) is 0 Å². The third-order valence-electron chi connectivity index (χ3n) is 5.27. The molecule has 1 aromatic rings. The number of hydrogen-bond donors (Lipinski definition) is 2. The first-order valence-electron chi connectivity index (χ1n) is 8.67. The minimum Gasteiger partial charge on any atom is -0.370 e. The molecule has 24 heavy (non-hydrogen) atoms. The molecule has 3 N–H and O–H groups in total. The van der Waals surface area contributed by atoms with Crippen molar-refractivity contribution in [1.82, 2.24) is 10.2 Å². The molecule has 1 atom stereocenters. The van der Waals surface area contributed by atoms with Gasteiger partial charge in [-0.3, -0.25) is 9.89 Å². The van der Waals surface area contributed by atoms with Gasteiger partial charge in [0, 0.05) is 18.0 Å².